The minimum absolute atomic E-state index is 0.960. The number of nitrogens with zero attached hydrogens (tertiary/aromatic N) is 2. The van der Waals surface area contributed by atoms with Gasteiger partial charge >= 0.3 is 0 Å². The standard InChI is InChI=1S/C11H18N2O/c1-10-7-11(14-9-10)8-13-5-3-12(2)4-6-13/h7,9H,3-6,8H2,1-2H3. The second-order valence-corrected chi connectivity index (χ2v) is 4.17. The van der Waals surface area contributed by atoms with Gasteiger partial charge in [-0.25, -0.2) is 0 Å². The molecule has 0 aliphatic carbocycles. The lowest BCUT2D eigenvalue weighted by Gasteiger charge is -2.31. The summed E-state index contributed by atoms with van der Waals surface area (Å²) in [6.45, 7) is 7.66. The number of rotatable bonds is 2. The smallest absolute Gasteiger partial charge is 0.118 e. The first-order valence-electron chi connectivity index (χ1n) is 5.19. The van der Waals surface area contributed by atoms with E-state index in [0.717, 1.165) is 25.4 Å². The molecule has 1 aliphatic heterocycles. The van der Waals surface area contributed by atoms with Gasteiger partial charge in [0.25, 0.3) is 0 Å². The molecule has 2 rings (SSSR count). The predicted molar refractivity (Wildman–Crippen MR) is 56.2 cm³/mol. The minimum atomic E-state index is 0.960. The quantitative estimate of drug-likeness (QED) is 0.708. The predicted octanol–water partition coefficient (Wildman–Crippen LogP) is 1.34. The topological polar surface area (TPSA) is 19.6 Å². The van der Waals surface area contributed by atoms with Crippen LogP contribution in [-0.4, -0.2) is 43.0 Å². The van der Waals surface area contributed by atoms with Crippen LogP contribution in [0.15, 0.2) is 16.7 Å². The molecule has 1 aromatic heterocycles. The number of furan rings is 1. The van der Waals surface area contributed by atoms with Crippen LogP contribution in [0.5, 0.6) is 0 Å². The van der Waals surface area contributed by atoms with E-state index in [1.807, 2.05) is 6.26 Å². The monoisotopic (exact) mass is 194 g/mol. The van der Waals surface area contributed by atoms with Gasteiger partial charge in [0, 0.05) is 26.2 Å². The van der Waals surface area contributed by atoms with Crippen molar-refractivity contribution in [1.82, 2.24) is 9.80 Å². The Morgan fingerprint density at radius 3 is 2.57 bits per heavy atom. The van der Waals surface area contributed by atoms with Crippen LogP contribution in [0.4, 0.5) is 0 Å². The molecule has 0 atom stereocenters. The van der Waals surface area contributed by atoms with E-state index < -0.39 is 0 Å². The average molecular weight is 194 g/mol. The molecular weight excluding hydrogens is 176 g/mol. The van der Waals surface area contributed by atoms with Crippen LogP contribution < -0.4 is 0 Å². The van der Waals surface area contributed by atoms with E-state index in [-0.39, 0.29) is 0 Å². The van der Waals surface area contributed by atoms with Gasteiger partial charge in [-0.05, 0) is 25.6 Å². The maximum Gasteiger partial charge on any atom is 0.118 e. The molecular formula is C11H18N2O. The maximum atomic E-state index is 5.44. The Kier molecular flexibility index (Phi) is 2.89. The normalized spacial score (nSPS) is 20.1. The molecule has 3 heteroatoms. The third-order valence-electron chi connectivity index (χ3n) is 2.76. The molecule has 0 spiro atoms. The lowest BCUT2D eigenvalue weighted by Crippen LogP contribution is -2.43. The number of likely N-dealkylation sites (N-methyl/N-ethyl adjacent to an activating group) is 1. The Balaban J connectivity index is 1.86. The van der Waals surface area contributed by atoms with Crippen molar-refractivity contribution in [3.63, 3.8) is 0 Å². The number of hydrogen-bond donors (Lipinski definition) is 0. The summed E-state index contributed by atoms with van der Waals surface area (Å²) in [5.41, 5.74) is 1.22. The first-order chi connectivity index (χ1) is 6.74. The molecule has 0 saturated carbocycles. The van der Waals surface area contributed by atoms with E-state index in [1.54, 1.807) is 0 Å². The van der Waals surface area contributed by atoms with Crippen LogP contribution in [0.25, 0.3) is 0 Å². The Morgan fingerprint density at radius 1 is 1.29 bits per heavy atom. The molecule has 1 fully saturated rings. The van der Waals surface area contributed by atoms with Crippen molar-refractivity contribution in [2.45, 2.75) is 13.5 Å². The molecule has 1 aliphatic rings. The van der Waals surface area contributed by atoms with Crippen molar-refractivity contribution in [3.05, 3.63) is 23.7 Å². The second-order valence-electron chi connectivity index (χ2n) is 4.17. The van der Waals surface area contributed by atoms with Gasteiger partial charge < -0.3 is 9.32 Å². The lowest BCUT2D eigenvalue weighted by atomic mass is 10.3. The summed E-state index contributed by atoms with van der Waals surface area (Å²) in [5.74, 6) is 1.09. The molecule has 0 aromatic carbocycles. The highest BCUT2D eigenvalue weighted by Gasteiger charge is 2.14. The van der Waals surface area contributed by atoms with Gasteiger partial charge in [-0.2, -0.15) is 0 Å². The number of piperazine rings is 1. The molecule has 78 valence electrons. The van der Waals surface area contributed by atoms with Crippen LogP contribution in [0.2, 0.25) is 0 Å². The highest BCUT2D eigenvalue weighted by atomic mass is 16.3. The maximum absolute atomic E-state index is 5.44. The third kappa shape index (κ3) is 2.36. The zero-order chi connectivity index (χ0) is 9.97. The first-order valence-corrected chi connectivity index (χ1v) is 5.19. The highest BCUT2D eigenvalue weighted by Crippen LogP contribution is 2.10. The average Bonchev–Trinajstić information content (AvgIpc) is 2.56. The molecule has 0 N–H and O–H groups in total. The SMILES string of the molecule is Cc1coc(CN2CCN(C)CC2)c1. The summed E-state index contributed by atoms with van der Waals surface area (Å²) >= 11 is 0. The van der Waals surface area contributed by atoms with Gasteiger partial charge in [0.05, 0.1) is 12.8 Å². The van der Waals surface area contributed by atoms with E-state index >= 15 is 0 Å². The van der Waals surface area contributed by atoms with E-state index in [4.69, 9.17) is 4.42 Å². The first kappa shape index (κ1) is 9.74. The fourth-order valence-electron chi connectivity index (χ4n) is 1.80. The van der Waals surface area contributed by atoms with Gasteiger partial charge in [-0.15, -0.1) is 0 Å². The Labute approximate surface area is 85.3 Å². The molecule has 2 heterocycles. The molecule has 0 amide bonds. The summed E-state index contributed by atoms with van der Waals surface area (Å²) in [6.07, 6.45) is 1.82. The molecule has 0 unspecified atom stereocenters. The molecule has 14 heavy (non-hydrogen) atoms. The second kappa shape index (κ2) is 4.15. The number of aryl methyl sites for hydroxylation is 1. The summed E-state index contributed by atoms with van der Waals surface area (Å²) in [6, 6.07) is 2.12. The van der Waals surface area contributed by atoms with E-state index in [0.29, 0.717) is 0 Å². The van der Waals surface area contributed by atoms with Crippen molar-refractivity contribution >= 4 is 0 Å². The Morgan fingerprint density at radius 2 is 2.00 bits per heavy atom. The highest BCUT2D eigenvalue weighted by molar-refractivity contribution is 5.10. The molecule has 1 saturated heterocycles. The summed E-state index contributed by atoms with van der Waals surface area (Å²) in [5, 5.41) is 0. The van der Waals surface area contributed by atoms with Gasteiger partial charge in [0.1, 0.15) is 5.76 Å². The Bertz CT molecular complexity index is 287. The Hall–Kier alpha value is -0.800. The minimum Gasteiger partial charge on any atom is -0.468 e. The summed E-state index contributed by atoms with van der Waals surface area (Å²) < 4.78 is 5.44. The van der Waals surface area contributed by atoms with E-state index in [9.17, 15) is 0 Å². The third-order valence-corrected chi connectivity index (χ3v) is 2.76. The van der Waals surface area contributed by atoms with Crippen LogP contribution in [0.3, 0.4) is 0 Å². The fourth-order valence-corrected chi connectivity index (χ4v) is 1.80. The van der Waals surface area contributed by atoms with Crippen LogP contribution in [-0.2, 0) is 6.54 Å². The van der Waals surface area contributed by atoms with Crippen LogP contribution >= 0.6 is 0 Å². The molecule has 1 aromatic rings. The van der Waals surface area contributed by atoms with Crippen molar-refractivity contribution in [2.24, 2.45) is 0 Å². The molecule has 0 bridgehead atoms. The zero-order valence-corrected chi connectivity index (χ0v) is 8.99. The lowest BCUT2D eigenvalue weighted by molar-refractivity contribution is 0.140. The van der Waals surface area contributed by atoms with E-state index in [2.05, 4.69) is 29.8 Å². The summed E-state index contributed by atoms with van der Waals surface area (Å²) in [4.78, 5) is 4.81. The van der Waals surface area contributed by atoms with Crippen molar-refractivity contribution in [1.29, 1.82) is 0 Å². The van der Waals surface area contributed by atoms with Gasteiger partial charge in [-0.3, -0.25) is 4.90 Å². The fraction of sp³-hybridized carbons (Fsp3) is 0.636. The van der Waals surface area contributed by atoms with E-state index in [1.165, 1.54) is 18.7 Å². The van der Waals surface area contributed by atoms with Gasteiger partial charge in [0.2, 0.25) is 0 Å². The molecule has 0 radical (unpaired) electrons. The molecule has 3 nitrogen and oxygen atoms in total. The van der Waals surface area contributed by atoms with Gasteiger partial charge in [0.15, 0.2) is 0 Å². The van der Waals surface area contributed by atoms with Crippen molar-refractivity contribution < 1.29 is 4.42 Å². The van der Waals surface area contributed by atoms with Crippen molar-refractivity contribution in [3.8, 4) is 0 Å². The van der Waals surface area contributed by atoms with Crippen LogP contribution in [0.1, 0.15) is 11.3 Å². The summed E-state index contributed by atoms with van der Waals surface area (Å²) in [7, 11) is 2.17. The van der Waals surface area contributed by atoms with Crippen molar-refractivity contribution in [2.75, 3.05) is 33.2 Å². The van der Waals surface area contributed by atoms with Gasteiger partial charge in [-0.1, -0.05) is 0 Å². The number of hydrogen-bond acceptors (Lipinski definition) is 3. The zero-order valence-electron chi connectivity index (χ0n) is 8.99. The van der Waals surface area contributed by atoms with Crippen LogP contribution in [0, 0.1) is 6.92 Å². The largest absolute Gasteiger partial charge is 0.468 e.